The first-order valence-electron chi connectivity index (χ1n) is 6.99. The summed E-state index contributed by atoms with van der Waals surface area (Å²) in [5, 5.41) is 15.2. The van der Waals surface area contributed by atoms with Crippen molar-refractivity contribution in [3.8, 4) is 11.3 Å². The van der Waals surface area contributed by atoms with E-state index in [1.54, 1.807) is 30.3 Å². The number of aliphatic carboxylic acids is 1. The Bertz CT molecular complexity index is 881. The van der Waals surface area contributed by atoms with Gasteiger partial charge >= 0.3 is 0 Å². The number of hydrogen-bond donors (Lipinski definition) is 1. The smallest absolute Gasteiger partial charge is 0.187 e. The SMILES string of the molecule is O=C([O-])Cc1sc(Nc2cccc(Cl)c2)nc1-c1ccc(F)cc1. The number of carbonyl (C=O) groups is 1. The lowest BCUT2D eigenvalue weighted by Gasteiger charge is -2.03. The molecule has 3 aromatic rings. The molecule has 0 aliphatic carbocycles. The van der Waals surface area contributed by atoms with Crippen LogP contribution < -0.4 is 10.4 Å². The lowest BCUT2D eigenvalue weighted by atomic mass is 10.1. The van der Waals surface area contributed by atoms with Crippen LogP contribution in [0.5, 0.6) is 0 Å². The Morgan fingerprint density at radius 3 is 2.67 bits per heavy atom. The van der Waals surface area contributed by atoms with Gasteiger partial charge in [-0.15, -0.1) is 11.3 Å². The fraction of sp³-hybridized carbons (Fsp3) is 0.0588. The zero-order chi connectivity index (χ0) is 17.1. The van der Waals surface area contributed by atoms with E-state index in [4.69, 9.17) is 11.6 Å². The quantitative estimate of drug-likeness (QED) is 0.753. The van der Waals surface area contributed by atoms with Crippen LogP contribution in [0.4, 0.5) is 15.2 Å². The zero-order valence-corrected chi connectivity index (χ0v) is 13.8. The Morgan fingerprint density at radius 1 is 1.25 bits per heavy atom. The molecule has 0 aliphatic rings. The van der Waals surface area contributed by atoms with E-state index in [0.29, 0.717) is 26.3 Å². The molecular formula is C17H11ClFN2O2S-. The molecule has 24 heavy (non-hydrogen) atoms. The second-order valence-corrected chi connectivity index (χ2v) is 6.50. The number of thiazole rings is 1. The van der Waals surface area contributed by atoms with Crippen molar-refractivity contribution in [3.63, 3.8) is 0 Å². The van der Waals surface area contributed by atoms with Gasteiger partial charge in [0.15, 0.2) is 5.13 Å². The number of benzene rings is 2. The summed E-state index contributed by atoms with van der Waals surface area (Å²) in [6.45, 7) is 0. The normalized spacial score (nSPS) is 10.6. The lowest BCUT2D eigenvalue weighted by Crippen LogP contribution is -2.24. The van der Waals surface area contributed by atoms with Gasteiger partial charge in [0.1, 0.15) is 5.82 Å². The van der Waals surface area contributed by atoms with Crippen molar-refractivity contribution >= 4 is 39.7 Å². The fourth-order valence-corrected chi connectivity index (χ4v) is 3.36. The summed E-state index contributed by atoms with van der Waals surface area (Å²) < 4.78 is 13.1. The first-order chi connectivity index (χ1) is 11.5. The van der Waals surface area contributed by atoms with E-state index in [-0.39, 0.29) is 12.2 Å². The average Bonchev–Trinajstić information content (AvgIpc) is 2.89. The summed E-state index contributed by atoms with van der Waals surface area (Å²) in [4.78, 5) is 16.0. The summed E-state index contributed by atoms with van der Waals surface area (Å²) in [5.74, 6) is -1.57. The van der Waals surface area contributed by atoms with E-state index < -0.39 is 5.97 Å². The van der Waals surface area contributed by atoms with E-state index in [0.717, 1.165) is 5.69 Å². The van der Waals surface area contributed by atoms with Crippen LogP contribution in [-0.2, 0) is 11.2 Å². The van der Waals surface area contributed by atoms with Crippen LogP contribution in [0.3, 0.4) is 0 Å². The van der Waals surface area contributed by atoms with E-state index in [1.807, 2.05) is 6.07 Å². The maximum atomic E-state index is 13.1. The Kier molecular flexibility index (Phi) is 4.78. The van der Waals surface area contributed by atoms with Crippen LogP contribution in [0.15, 0.2) is 48.5 Å². The molecule has 0 amide bonds. The molecule has 3 rings (SSSR count). The molecule has 0 fully saturated rings. The van der Waals surface area contributed by atoms with Gasteiger partial charge in [-0.2, -0.15) is 0 Å². The third kappa shape index (κ3) is 3.90. The number of halogens is 2. The largest absolute Gasteiger partial charge is 0.550 e. The summed E-state index contributed by atoms with van der Waals surface area (Å²) in [7, 11) is 0. The van der Waals surface area contributed by atoms with Crippen LogP contribution in [-0.4, -0.2) is 11.0 Å². The Morgan fingerprint density at radius 2 is 2.00 bits per heavy atom. The third-order valence-electron chi connectivity index (χ3n) is 3.20. The van der Waals surface area contributed by atoms with Crippen LogP contribution in [0.1, 0.15) is 4.88 Å². The molecule has 0 atom stereocenters. The summed E-state index contributed by atoms with van der Waals surface area (Å²) in [6.07, 6.45) is -0.262. The summed E-state index contributed by atoms with van der Waals surface area (Å²) in [6, 6.07) is 12.8. The molecule has 1 aromatic heterocycles. The molecule has 7 heteroatoms. The van der Waals surface area contributed by atoms with Crippen LogP contribution in [0, 0.1) is 5.82 Å². The zero-order valence-electron chi connectivity index (χ0n) is 12.3. The minimum absolute atomic E-state index is 0.262. The predicted molar refractivity (Wildman–Crippen MR) is 91.0 cm³/mol. The first-order valence-corrected chi connectivity index (χ1v) is 8.19. The molecule has 4 nitrogen and oxygen atoms in total. The number of rotatable bonds is 5. The van der Waals surface area contributed by atoms with Gasteiger partial charge in [0, 0.05) is 33.5 Å². The number of nitrogens with zero attached hydrogens (tertiary/aromatic N) is 1. The van der Waals surface area contributed by atoms with Gasteiger partial charge in [-0.1, -0.05) is 17.7 Å². The van der Waals surface area contributed by atoms with E-state index in [1.165, 1.54) is 23.5 Å². The van der Waals surface area contributed by atoms with E-state index >= 15 is 0 Å². The van der Waals surface area contributed by atoms with Crippen molar-refractivity contribution < 1.29 is 14.3 Å². The average molecular weight is 362 g/mol. The number of hydrogen-bond acceptors (Lipinski definition) is 5. The molecule has 0 spiro atoms. The third-order valence-corrected chi connectivity index (χ3v) is 4.40. The molecule has 0 radical (unpaired) electrons. The van der Waals surface area contributed by atoms with Crippen molar-refractivity contribution in [1.82, 2.24) is 4.98 Å². The standard InChI is InChI=1S/C17H12ClFN2O2S/c18-11-2-1-3-13(8-11)20-17-21-16(14(24-17)9-15(22)23)10-4-6-12(19)7-5-10/h1-8H,9H2,(H,20,21)(H,22,23)/p-1. The maximum Gasteiger partial charge on any atom is 0.187 e. The Labute approximate surface area is 146 Å². The number of carboxylic acid groups (broad SMARTS) is 1. The molecule has 1 N–H and O–H groups in total. The minimum Gasteiger partial charge on any atom is -0.550 e. The van der Waals surface area contributed by atoms with Crippen LogP contribution in [0.2, 0.25) is 5.02 Å². The second kappa shape index (κ2) is 6.98. The number of nitrogens with one attached hydrogen (secondary N) is 1. The monoisotopic (exact) mass is 361 g/mol. The van der Waals surface area contributed by atoms with E-state index in [9.17, 15) is 14.3 Å². The molecule has 0 saturated carbocycles. The van der Waals surface area contributed by atoms with Crippen molar-refractivity contribution in [1.29, 1.82) is 0 Å². The van der Waals surface area contributed by atoms with Gasteiger partial charge in [0.2, 0.25) is 0 Å². The second-order valence-electron chi connectivity index (χ2n) is 4.98. The predicted octanol–water partition coefficient (Wildman–Crippen LogP) is 3.64. The van der Waals surface area contributed by atoms with Gasteiger partial charge in [0.25, 0.3) is 0 Å². The number of carboxylic acids is 1. The highest BCUT2D eigenvalue weighted by Crippen LogP contribution is 2.33. The highest BCUT2D eigenvalue weighted by atomic mass is 35.5. The molecule has 122 valence electrons. The Balaban J connectivity index is 1.96. The fourth-order valence-electron chi connectivity index (χ4n) is 2.18. The molecule has 0 saturated heterocycles. The van der Waals surface area contributed by atoms with Crippen molar-refractivity contribution in [3.05, 3.63) is 64.2 Å². The van der Waals surface area contributed by atoms with Crippen molar-refractivity contribution in [2.75, 3.05) is 5.32 Å². The summed E-state index contributed by atoms with van der Waals surface area (Å²) >= 11 is 7.16. The highest BCUT2D eigenvalue weighted by molar-refractivity contribution is 7.16. The molecular weight excluding hydrogens is 351 g/mol. The van der Waals surface area contributed by atoms with Gasteiger partial charge in [-0.3, -0.25) is 0 Å². The maximum absolute atomic E-state index is 13.1. The number of anilines is 2. The molecule has 0 unspecified atom stereocenters. The van der Waals surface area contributed by atoms with Gasteiger partial charge in [-0.05, 0) is 42.5 Å². The highest BCUT2D eigenvalue weighted by Gasteiger charge is 2.14. The van der Waals surface area contributed by atoms with Gasteiger partial charge in [0.05, 0.1) is 5.69 Å². The van der Waals surface area contributed by atoms with Crippen LogP contribution >= 0.6 is 22.9 Å². The summed E-state index contributed by atoms with van der Waals surface area (Å²) in [5.41, 5.74) is 1.87. The number of carbonyl (C=O) groups excluding carboxylic acids is 1. The Hall–Kier alpha value is -2.44. The topological polar surface area (TPSA) is 65.0 Å². The van der Waals surface area contributed by atoms with Crippen molar-refractivity contribution in [2.45, 2.75) is 6.42 Å². The van der Waals surface area contributed by atoms with Crippen molar-refractivity contribution in [2.24, 2.45) is 0 Å². The lowest BCUT2D eigenvalue weighted by molar-refractivity contribution is -0.304. The molecule has 0 aliphatic heterocycles. The number of aromatic nitrogens is 1. The molecule has 2 aromatic carbocycles. The van der Waals surface area contributed by atoms with Gasteiger partial charge in [-0.25, -0.2) is 9.37 Å². The van der Waals surface area contributed by atoms with Gasteiger partial charge < -0.3 is 15.2 Å². The van der Waals surface area contributed by atoms with Crippen LogP contribution in [0.25, 0.3) is 11.3 Å². The first kappa shape index (κ1) is 16.4. The molecule has 1 heterocycles. The molecule has 0 bridgehead atoms. The minimum atomic E-state index is -1.20. The van der Waals surface area contributed by atoms with E-state index in [2.05, 4.69) is 10.3 Å².